The molecule has 2 amide bonds. The first-order chi connectivity index (χ1) is 12.7. The second-order valence-corrected chi connectivity index (χ2v) is 6.64. The summed E-state index contributed by atoms with van der Waals surface area (Å²) in [6.45, 7) is 0.293. The number of methoxy groups -OCH3 is 1. The Labute approximate surface area is 152 Å². The lowest BCUT2D eigenvalue weighted by molar-refractivity contribution is 0.179. The minimum atomic E-state index is -0.0488. The summed E-state index contributed by atoms with van der Waals surface area (Å²) in [6, 6.07) is 12.5. The highest BCUT2D eigenvalue weighted by molar-refractivity contribution is 5.78. The summed E-state index contributed by atoms with van der Waals surface area (Å²) < 4.78 is 5.09. The van der Waals surface area contributed by atoms with Gasteiger partial charge in [0.25, 0.3) is 0 Å². The van der Waals surface area contributed by atoms with Gasteiger partial charge in [0.15, 0.2) is 5.82 Å². The molecule has 0 saturated carbocycles. The van der Waals surface area contributed by atoms with Gasteiger partial charge in [0.1, 0.15) is 0 Å². The fourth-order valence-electron chi connectivity index (χ4n) is 3.84. The van der Waals surface area contributed by atoms with Crippen molar-refractivity contribution in [2.24, 2.45) is 0 Å². The number of hydrogen-bond acceptors (Lipinski definition) is 4. The molecule has 0 radical (unpaired) electrons. The first kappa shape index (κ1) is 16.6. The van der Waals surface area contributed by atoms with Gasteiger partial charge in [-0.15, -0.1) is 0 Å². The van der Waals surface area contributed by atoms with Crippen molar-refractivity contribution < 1.29 is 9.53 Å². The molecule has 0 aliphatic carbocycles. The molecule has 1 saturated heterocycles. The Morgan fingerprint density at radius 2 is 2.12 bits per heavy atom. The van der Waals surface area contributed by atoms with Crippen molar-refractivity contribution in [3.05, 3.63) is 60.1 Å². The van der Waals surface area contributed by atoms with Crippen LogP contribution in [0.2, 0.25) is 0 Å². The van der Waals surface area contributed by atoms with Crippen molar-refractivity contribution >= 4 is 11.6 Å². The van der Waals surface area contributed by atoms with Gasteiger partial charge < -0.3 is 15.0 Å². The van der Waals surface area contributed by atoms with Crippen molar-refractivity contribution in [1.29, 1.82) is 0 Å². The SMILES string of the molecule is COc1ccnc(CNC(=O)N2C3C=C(c4ccccc4)CC2CC3)n1. The predicted molar refractivity (Wildman–Crippen MR) is 98.5 cm³/mol. The fraction of sp³-hybridized carbons (Fsp3) is 0.350. The number of rotatable bonds is 4. The normalized spacial score (nSPS) is 21.3. The summed E-state index contributed by atoms with van der Waals surface area (Å²) in [6.07, 6.45) is 6.85. The number of carbonyl (C=O) groups is 1. The van der Waals surface area contributed by atoms with Crippen molar-refractivity contribution in [3.63, 3.8) is 0 Å². The Bertz CT molecular complexity index is 822. The number of ether oxygens (including phenoxy) is 1. The minimum absolute atomic E-state index is 0.0488. The van der Waals surface area contributed by atoms with Crippen molar-refractivity contribution in [2.45, 2.75) is 37.9 Å². The molecule has 2 aliphatic heterocycles. The maximum atomic E-state index is 12.7. The molecule has 2 aromatic rings. The molecule has 26 heavy (non-hydrogen) atoms. The Morgan fingerprint density at radius 3 is 2.88 bits per heavy atom. The number of urea groups is 1. The molecule has 2 atom stereocenters. The molecular weight excluding hydrogens is 328 g/mol. The van der Waals surface area contributed by atoms with E-state index in [0.29, 0.717) is 18.2 Å². The van der Waals surface area contributed by atoms with Crippen LogP contribution in [0.25, 0.3) is 5.57 Å². The zero-order valence-electron chi connectivity index (χ0n) is 14.8. The van der Waals surface area contributed by atoms with Crippen LogP contribution in [0.3, 0.4) is 0 Å². The van der Waals surface area contributed by atoms with Gasteiger partial charge in [0.2, 0.25) is 5.88 Å². The zero-order chi connectivity index (χ0) is 17.9. The first-order valence-electron chi connectivity index (χ1n) is 8.93. The molecule has 2 aliphatic rings. The van der Waals surface area contributed by atoms with Crippen LogP contribution in [0.15, 0.2) is 48.7 Å². The lowest BCUT2D eigenvalue weighted by Gasteiger charge is -2.34. The highest BCUT2D eigenvalue weighted by Crippen LogP contribution is 2.38. The number of nitrogens with one attached hydrogen (secondary N) is 1. The molecule has 1 aromatic carbocycles. The monoisotopic (exact) mass is 350 g/mol. The summed E-state index contributed by atoms with van der Waals surface area (Å²) >= 11 is 0. The predicted octanol–water partition coefficient (Wildman–Crippen LogP) is 3.02. The van der Waals surface area contributed by atoms with E-state index in [-0.39, 0.29) is 18.1 Å². The lowest BCUT2D eigenvalue weighted by Crippen LogP contribution is -2.48. The Morgan fingerprint density at radius 1 is 1.27 bits per heavy atom. The second-order valence-electron chi connectivity index (χ2n) is 6.64. The first-order valence-corrected chi connectivity index (χ1v) is 8.93. The van der Waals surface area contributed by atoms with Crippen molar-refractivity contribution in [3.8, 4) is 5.88 Å². The summed E-state index contributed by atoms with van der Waals surface area (Å²) in [5, 5.41) is 2.95. The van der Waals surface area contributed by atoms with E-state index in [2.05, 4.69) is 45.6 Å². The number of carbonyl (C=O) groups excluding carboxylic acids is 1. The number of fused-ring (bicyclic) bond motifs is 2. The van der Waals surface area contributed by atoms with Crippen LogP contribution in [0, 0.1) is 0 Å². The number of benzene rings is 1. The molecule has 1 aromatic heterocycles. The van der Waals surface area contributed by atoms with Gasteiger partial charge in [-0.1, -0.05) is 36.4 Å². The van der Waals surface area contributed by atoms with Crippen LogP contribution in [0.1, 0.15) is 30.7 Å². The topological polar surface area (TPSA) is 67.3 Å². The van der Waals surface area contributed by atoms with E-state index in [0.717, 1.165) is 19.3 Å². The van der Waals surface area contributed by atoms with Gasteiger partial charge in [0.05, 0.1) is 19.7 Å². The lowest BCUT2D eigenvalue weighted by atomic mass is 9.95. The molecule has 2 bridgehead atoms. The molecule has 3 heterocycles. The van der Waals surface area contributed by atoms with Gasteiger partial charge in [0, 0.05) is 18.3 Å². The molecule has 134 valence electrons. The average Bonchev–Trinajstić information content (AvgIpc) is 2.96. The number of hydrogen-bond donors (Lipinski definition) is 1. The highest BCUT2D eigenvalue weighted by Gasteiger charge is 2.39. The second kappa shape index (κ2) is 7.15. The smallest absolute Gasteiger partial charge is 0.318 e. The quantitative estimate of drug-likeness (QED) is 0.920. The van der Waals surface area contributed by atoms with E-state index in [9.17, 15) is 4.79 Å². The van der Waals surface area contributed by atoms with E-state index in [1.807, 2.05) is 11.0 Å². The molecule has 4 rings (SSSR count). The minimum Gasteiger partial charge on any atom is -0.481 e. The Kier molecular flexibility index (Phi) is 4.56. The van der Waals surface area contributed by atoms with Gasteiger partial charge in [-0.3, -0.25) is 0 Å². The highest BCUT2D eigenvalue weighted by atomic mass is 16.5. The van der Waals surface area contributed by atoms with Gasteiger partial charge in [-0.25, -0.2) is 9.78 Å². The van der Waals surface area contributed by atoms with E-state index in [1.54, 1.807) is 19.4 Å². The van der Waals surface area contributed by atoms with Crippen LogP contribution < -0.4 is 10.1 Å². The zero-order valence-corrected chi connectivity index (χ0v) is 14.8. The van der Waals surface area contributed by atoms with Gasteiger partial charge in [-0.2, -0.15) is 4.98 Å². The molecule has 0 spiro atoms. The van der Waals surface area contributed by atoms with Crippen LogP contribution in [-0.2, 0) is 6.54 Å². The summed E-state index contributed by atoms with van der Waals surface area (Å²) in [5.41, 5.74) is 2.60. The summed E-state index contributed by atoms with van der Waals surface area (Å²) in [7, 11) is 1.56. The van der Waals surface area contributed by atoms with E-state index >= 15 is 0 Å². The Balaban J connectivity index is 1.43. The molecule has 6 nitrogen and oxygen atoms in total. The maximum Gasteiger partial charge on any atom is 0.318 e. The largest absolute Gasteiger partial charge is 0.481 e. The molecule has 2 unspecified atom stereocenters. The number of amides is 2. The van der Waals surface area contributed by atoms with Crippen LogP contribution >= 0.6 is 0 Å². The van der Waals surface area contributed by atoms with E-state index in [1.165, 1.54) is 11.1 Å². The van der Waals surface area contributed by atoms with Crippen LogP contribution in [0.5, 0.6) is 5.88 Å². The summed E-state index contributed by atoms with van der Waals surface area (Å²) in [5.74, 6) is 1.04. The van der Waals surface area contributed by atoms with Crippen LogP contribution in [-0.4, -0.2) is 40.1 Å². The van der Waals surface area contributed by atoms with E-state index < -0.39 is 0 Å². The van der Waals surface area contributed by atoms with Crippen molar-refractivity contribution in [2.75, 3.05) is 7.11 Å². The standard InChI is InChI=1S/C20H22N4O2/c1-26-19-9-10-21-18(23-19)13-22-20(25)24-16-7-8-17(24)12-15(11-16)14-5-3-2-4-6-14/h2-6,9-11,16-17H,7-8,12-13H2,1H3,(H,22,25). The fourth-order valence-corrected chi connectivity index (χ4v) is 3.84. The number of nitrogens with zero attached hydrogens (tertiary/aromatic N) is 3. The Hall–Kier alpha value is -2.89. The third kappa shape index (κ3) is 3.27. The average molecular weight is 350 g/mol. The van der Waals surface area contributed by atoms with Crippen molar-refractivity contribution in [1.82, 2.24) is 20.2 Å². The molecule has 1 fully saturated rings. The van der Waals surface area contributed by atoms with Crippen LogP contribution in [0.4, 0.5) is 4.79 Å². The van der Waals surface area contributed by atoms with Gasteiger partial charge >= 0.3 is 6.03 Å². The third-order valence-electron chi connectivity index (χ3n) is 5.06. The molecule has 6 heteroatoms. The molecule has 1 N–H and O–H groups in total. The molecular formula is C20H22N4O2. The van der Waals surface area contributed by atoms with Gasteiger partial charge in [-0.05, 0) is 30.4 Å². The third-order valence-corrected chi connectivity index (χ3v) is 5.06. The summed E-state index contributed by atoms with van der Waals surface area (Å²) in [4.78, 5) is 23.1. The number of aromatic nitrogens is 2. The van der Waals surface area contributed by atoms with E-state index in [4.69, 9.17) is 4.74 Å². The maximum absolute atomic E-state index is 12.7.